The van der Waals surface area contributed by atoms with E-state index in [0.717, 1.165) is 43.5 Å². The van der Waals surface area contributed by atoms with E-state index in [1.54, 1.807) is 11.3 Å². The molecule has 0 aromatic carbocycles. The maximum atomic E-state index is 9.79. The second-order valence-electron chi connectivity index (χ2n) is 6.26. The maximum Gasteiger partial charge on any atom is 0.185 e. The normalized spacial score (nSPS) is 26.0. The Bertz CT molecular complexity index is 423. The summed E-state index contributed by atoms with van der Waals surface area (Å²) in [5.41, 5.74) is -0.0775. The van der Waals surface area contributed by atoms with Crippen molar-refractivity contribution in [1.29, 1.82) is 0 Å². The summed E-state index contributed by atoms with van der Waals surface area (Å²) >= 11 is 1.76. The Hall–Kier alpha value is -0.650. The van der Waals surface area contributed by atoms with E-state index in [1.807, 2.05) is 6.20 Å². The molecule has 2 N–H and O–H groups in total. The quantitative estimate of drug-likeness (QED) is 0.812. The van der Waals surface area contributed by atoms with Gasteiger partial charge in [-0.1, -0.05) is 6.92 Å². The highest BCUT2D eigenvalue weighted by Gasteiger charge is 2.33. The van der Waals surface area contributed by atoms with E-state index in [9.17, 15) is 5.11 Å². The highest BCUT2D eigenvalue weighted by molar-refractivity contribution is 7.15. The van der Waals surface area contributed by atoms with Crippen molar-refractivity contribution in [1.82, 2.24) is 10.3 Å². The number of aliphatic hydroxyl groups is 1. The molecule has 0 radical (unpaired) electrons. The van der Waals surface area contributed by atoms with Crippen LogP contribution in [0.5, 0.6) is 0 Å². The van der Waals surface area contributed by atoms with Crippen LogP contribution < -0.4 is 10.2 Å². The van der Waals surface area contributed by atoms with Gasteiger partial charge in [0, 0.05) is 36.2 Å². The van der Waals surface area contributed by atoms with Crippen molar-refractivity contribution in [2.24, 2.45) is 5.92 Å². The predicted molar refractivity (Wildman–Crippen MR) is 90.0 cm³/mol. The molecular formula is C16H29N3OS. The van der Waals surface area contributed by atoms with Crippen LogP contribution >= 0.6 is 11.3 Å². The van der Waals surface area contributed by atoms with Gasteiger partial charge in [0.05, 0.1) is 6.61 Å². The Morgan fingerprint density at radius 3 is 2.62 bits per heavy atom. The van der Waals surface area contributed by atoms with Crippen LogP contribution in [-0.4, -0.2) is 35.3 Å². The summed E-state index contributed by atoms with van der Waals surface area (Å²) in [6.07, 6.45) is 6.54. The fraction of sp³-hybridized carbons (Fsp3) is 0.812. The third-order valence-electron chi connectivity index (χ3n) is 4.75. The van der Waals surface area contributed by atoms with E-state index in [4.69, 9.17) is 0 Å². The molecule has 2 rings (SSSR count). The van der Waals surface area contributed by atoms with Crippen molar-refractivity contribution in [3.63, 3.8) is 0 Å². The molecule has 1 heterocycles. The fourth-order valence-corrected chi connectivity index (χ4v) is 3.98. The summed E-state index contributed by atoms with van der Waals surface area (Å²) in [4.78, 5) is 8.05. The van der Waals surface area contributed by atoms with Crippen molar-refractivity contribution in [2.75, 3.05) is 24.6 Å². The third-order valence-corrected chi connectivity index (χ3v) is 5.81. The summed E-state index contributed by atoms with van der Waals surface area (Å²) in [5, 5.41) is 14.5. The minimum atomic E-state index is -0.0775. The van der Waals surface area contributed by atoms with Crippen LogP contribution in [0.1, 0.15) is 51.3 Å². The molecule has 1 aliphatic rings. The predicted octanol–water partition coefficient (Wildman–Crippen LogP) is 3.02. The Kier molecular flexibility index (Phi) is 6.02. The molecule has 0 amide bonds. The first-order valence-electron chi connectivity index (χ1n) is 8.18. The van der Waals surface area contributed by atoms with Gasteiger partial charge in [0.25, 0.3) is 0 Å². The number of rotatable bonds is 7. The monoisotopic (exact) mass is 311 g/mol. The number of aromatic nitrogens is 1. The smallest absolute Gasteiger partial charge is 0.185 e. The second kappa shape index (κ2) is 7.56. The van der Waals surface area contributed by atoms with Crippen molar-refractivity contribution < 1.29 is 5.11 Å². The number of nitrogens with zero attached hydrogens (tertiary/aromatic N) is 2. The Labute approximate surface area is 132 Å². The lowest BCUT2D eigenvalue weighted by atomic mass is 9.77. The zero-order valence-corrected chi connectivity index (χ0v) is 14.4. The van der Waals surface area contributed by atoms with Gasteiger partial charge in [0.15, 0.2) is 5.13 Å². The summed E-state index contributed by atoms with van der Waals surface area (Å²) in [5.74, 6) is 0.796. The van der Waals surface area contributed by atoms with Crippen LogP contribution in [0.3, 0.4) is 0 Å². The van der Waals surface area contributed by atoms with Crippen molar-refractivity contribution >= 4 is 16.5 Å². The molecule has 1 fully saturated rings. The standard InChI is InChI=1S/C16H29N3OS/c1-4-19(5-2)15-17-10-14(21-15)11-18-16(12-20)8-6-13(3)7-9-16/h10,13,18,20H,4-9,11-12H2,1-3H3. The van der Waals surface area contributed by atoms with E-state index >= 15 is 0 Å². The zero-order chi connectivity index (χ0) is 15.3. The van der Waals surface area contributed by atoms with Gasteiger partial charge in [-0.25, -0.2) is 4.98 Å². The first-order valence-corrected chi connectivity index (χ1v) is 8.99. The zero-order valence-electron chi connectivity index (χ0n) is 13.6. The van der Waals surface area contributed by atoms with Crippen LogP contribution in [-0.2, 0) is 6.54 Å². The van der Waals surface area contributed by atoms with Gasteiger partial charge in [-0.05, 0) is 45.4 Å². The van der Waals surface area contributed by atoms with E-state index in [0.29, 0.717) is 0 Å². The largest absolute Gasteiger partial charge is 0.394 e. The SMILES string of the molecule is CCN(CC)c1ncc(CNC2(CO)CCC(C)CC2)s1. The Morgan fingerprint density at radius 2 is 2.05 bits per heavy atom. The minimum absolute atomic E-state index is 0.0775. The number of aliphatic hydroxyl groups excluding tert-OH is 1. The van der Waals surface area contributed by atoms with E-state index < -0.39 is 0 Å². The molecule has 1 aromatic rings. The minimum Gasteiger partial charge on any atom is -0.394 e. The number of thiazole rings is 1. The summed E-state index contributed by atoms with van der Waals surface area (Å²) in [6.45, 7) is 9.67. The van der Waals surface area contributed by atoms with Gasteiger partial charge >= 0.3 is 0 Å². The molecular weight excluding hydrogens is 282 g/mol. The summed E-state index contributed by atoms with van der Waals surface area (Å²) < 4.78 is 0. The maximum absolute atomic E-state index is 9.79. The molecule has 5 heteroatoms. The molecule has 0 spiro atoms. The number of hydrogen-bond donors (Lipinski definition) is 2. The lowest BCUT2D eigenvalue weighted by Crippen LogP contribution is -2.50. The lowest BCUT2D eigenvalue weighted by molar-refractivity contribution is 0.104. The second-order valence-corrected chi connectivity index (χ2v) is 7.35. The van der Waals surface area contributed by atoms with Gasteiger partial charge in [-0.3, -0.25) is 0 Å². The van der Waals surface area contributed by atoms with Crippen molar-refractivity contribution in [2.45, 2.75) is 58.5 Å². The van der Waals surface area contributed by atoms with E-state index in [2.05, 4.69) is 36.0 Å². The van der Waals surface area contributed by atoms with Gasteiger partial charge < -0.3 is 15.3 Å². The summed E-state index contributed by atoms with van der Waals surface area (Å²) in [6, 6.07) is 0. The molecule has 21 heavy (non-hydrogen) atoms. The Balaban J connectivity index is 1.92. The van der Waals surface area contributed by atoms with Crippen LogP contribution in [0.2, 0.25) is 0 Å². The average Bonchev–Trinajstić information content (AvgIpc) is 2.97. The Morgan fingerprint density at radius 1 is 1.38 bits per heavy atom. The van der Waals surface area contributed by atoms with E-state index in [-0.39, 0.29) is 12.1 Å². The molecule has 0 aliphatic heterocycles. The van der Waals surface area contributed by atoms with Gasteiger partial charge in [-0.15, -0.1) is 11.3 Å². The lowest BCUT2D eigenvalue weighted by Gasteiger charge is -2.38. The van der Waals surface area contributed by atoms with Crippen molar-refractivity contribution in [3.8, 4) is 0 Å². The van der Waals surface area contributed by atoms with E-state index in [1.165, 1.54) is 17.7 Å². The van der Waals surface area contributed by atoms with Crippen LogP contribution in [0.15, 0.2) is 6.20 Å². The number of anilines is 1. The molecule has 0 atom stereocenters. The van der Waals surface area contributed by atoms with Crippen LogP contribution in [0, 0.1) is 5.92 Å². The molecule has 0 saturated heterocycles. The average molecular weight is 311 g/mol. The first-order chi connectivity index (χ1) is 10.1. The van der Waals surface area contributed by atoms with Gasteiger partial charge in [0.1, 0.15) is 0 Å². The van der Waals surface area contributed by atoms with Crippen LogP contribution in [0.4, 0.5) is 5.13 Å². The topological polar surface area (TPSA) is 48.4 Å². The first kappa shape index (κ1) is 16.7. The molecule has 120 valence electrons. The van der Waals surface area contributed by atoms with Gasteiger partial charge in [0.2, 0.25) is 0 Å². The van der Waals surface area contributed by atoms with Crippen molar-refractivity contribution in [3.05, 3.63) is 11.1 Å². The molecule has 1 aromatic heterocycles. The highest BCUT2D eigenvalue weighted by atomic mass is 32.1. The molecule has 4 nitrogen and oxygen atoms in total. The number of hydrogen-bond acceptors (Lipinski definition) is 5. The fourth-order valence-electron chi connectivity index (χ4n) is 3.00. The molecule has 1 aliphatic carbocycles. The number of nitrogens with one attached hydrogen (secondary N) is 1. The molecule has 1 saturated carbocycles. The highest BCUT2D eigenvalue weighted by Crippen LogP contribution is 2.32. The molecule has 0 bridgehead atoms. The third kappa shape index (κ3) is 4.18. The molecule has 0 unspecified atom stereocenters. The van der Waals surface area contributed by atoms with Crippen LogP contribution in [0.25, 0.3) is 0 Å². The summed E-state index contributed by atoms with van der Waals surface area (Å²) in [7, 11) is 0. The van der Waals surface area contributed by atoms with Gasteiger partial charge in [-0.2, -0.15) is 0 Å².